The van der Waals surface area contributed by atoms with Crippen LogP contribution in [0.5, 0.6) is 0 Å². The standard InChI is InChI=1S/C17H27N5O5S/c1-11-13(28-15(19-11)22-7-9-26-10-8-22)14(24)21-20-12(23)5-6-18-16(25)27-17(2,3)4/h5-10H2,1-4H3,(H,18,25)(H,20,23)(H,21,24). The molecule has 1 aromatic heterocycles. The molecule has 28 heavy (non-hydrogen) atoms. The average molecular weight is 414 g/mol. The Balaban J connectivity index is 1.75. The van der Waals surface area contributed by atoms with Gasteiger partial charge in [-0.25, -0.2) is 9.78 Å². The van der Waals surface area contributed by atoms with Crippen molar-refractivity contribution in [1.82, 2.24) is 21.2 Å². The first-order valence-corrected chi connectivity index (χ1v) is 9.83. The first-order chi connectivity index (χ1) is 13.2. The minimum absolute atomic E-state index is 0.000221. The Morgan fingerprint density at radius 3 is 2.54 bits per heavy atom. The highest BCUT2D eigenvalue weighted by Crippen LogP contribution is 2.26. The molecular formula is C17H27N5O5S. The van der Waals surface area contributed by atoms with Crippen LogP contribution in [0.15, 0.2) is 0 Å². The number of nitrogens with zero attached hydrogens (tertiary/aromatic N) is 2. The monoisotopic (exact) mass is 413 g/mol. The Bertz CT molecular complexity index is 709. The Hall–Kier alpha value is -2.40. The fraction of sp³-hybridized carbons (Fsp3) is 0.647. The molecule has 3 amide bonds. The maximum atomic E-state index is 12.3. The Kier molecular flexibility index (Phi) is 7.58. The predicted octanol–water partition coefficient (Wildman–Crippen LogP) is 0.964. The van der Waals surface area contributed by atoms with Gasteiger partial charge >= 0.3 is 6.09 Å². The number of hydrogen-bond acceptors (Lipinski definition) is 8. The number of nitrogens with one attached hydrogen (secondary N) is 3. The lowest BCUT2D eigenvalue weighted by Gasteiger charge is -2.25. The normalized spacial score (nSPS) is 14.4. The van der Waals surface area contributed by atoms with Gasteiger partial charge in [-0.2, -0.15) is 0 Å². The van der Waals surface area contributed by atoms with E-state index in [4.69, 9.17) is 9.47 Å². The van der Waals surface area contributed by atoms with Crippen LogP contribution in [0.4, 0.5) is 9.93 Å². The lowest BCUT2D eigenvalue weighted by atomic mass is 10.2. The van der Waals surface area contributed by atoms with Crippen LogP contribution in [-0.2, 0) is 14.3 Å². The van der Waals surface area contributed by atoms with Crippen LogP contribution >= 0.6 is 11.3 Å². The first kappa shape index (κ1) is 21.9. The van der Waals surface area contributed by atoms with Crippen LogP contribution in [0.2, 0.25) is 0 Å². The van der Waals surface area contributed by atoms with Crippen molar-refractivity contribution in [3.8, 4) is 0 Å². The molecule has 0 aromatic carbocycles. The van der Waals surface area contributed by atoms with Crippen molar-refractivity contribution < 1.29 is 23.9 Å². The third-order valence-electron chi connectivity index (χ3n) is 3.61. The number of aryl methyl sites for hydroxylation is 1. The van der Waals surface area contributed by atoms with Gasteiger partial charge in [0.1, 0.15) is 10.5 Å². The SMILES string of the molecule is Cc1nc(N2CCOCC2)sc1C(=O)NNC(=O)CCNC(=O)OC(C)(C)C. The molecule has 0 atom stereocenters. The summed E-state index contributed by atoms with van der Waals surface area (Å²) in [6.07, 6.45) is -0.597. The molecule has 2 rings (SSSR count). The summed E-state index contributed by atoms with van der Waals surface area (Å²) in [6.45, 7) is 9.83. The van der Waals surface area contributed by atoms with Crippen molar-refractivity contribution in [3.05, 3.63) is 10.6 Å². The van der Waals surface area contributed by atoms with Gasteiger partial charge in [-0.1, -0.05) is 11.3 Å². The summed E-state index contributed by atoms with van der Waals surface area (Å²) in [5.41, 5.74) is 4.71. The molecule has 1 aliphatic heterocycles. The molecule has 0 spiro atoms. The third-order valence-corrected chi connectivity index (χ3v) is 4.83. The van der Waals surface area contributed by atoms with Crippen LogP contribution in [0.3, 0.4) is 0 Å². The highest BCUT2D eigenvalue weighted by Gasteiger charge is 2.21. The van der Waals surface area contributed by atoms with Crippen LogP contribution < -0.4 is 21.1 Å². The molecule has 156 valence electrons. The predicted molar refractivity (Wildman–Crippen MR) is 104 cm³/mol. The van der Waals surface area contributed by atoms with E-state index >= 15 is 0 Å². The smallest absolute Gasteiger partial charge is 0.407 e. The maximum absolute atomic E-state index is 12.3. The summed E-state index contributed by atoms with van der Waals surface area (Å²) in [5, 5.41) is 3.24. The van der Waals surface area contributed by atoms with Crippen LogP contribution in [0, 0.1) is 6.92 Å². The van der Waals surface area contributed by atoms with Crippen LogP contribution in [-0.4, -0.2) is 61.3 Å². The van der Waals surface area contributed by atoms with Crippen molar-refractivity contribution in [2.45, 2.75) is 39.7 Å². The lowest BCUT2D eigenvalue weighted by molar-refractivity contribution is -0.121. The molecule has 2 heterocycles. The second-order valence-corrected chi connectivity index (χ2v) is 8.17. The molecule has 0 unspecified atom stereocenters. The van der Waals surface area contributed by atoms with E-state index in [9.17, 15) is 14.4 Å². The van der Waals surface area contributed by atoms with E-state index in [1.54, 1.807) is 27.7 Å². The molecule has 10 nitrogen and oxygen atoms in total. The fourth-order valence-corrected chi connectivity index (χ4v) is 3.33. The summed E-state index contributed by atoms with van der Waals surface area (Å²) in [4.78, 5) is 42.6. The van der Waals surface area contributed by atoms with Gasteiger partial charge in [0, 0.05) is 26.1 Å². The van der Waals surface area contributed by atoms with Gasteiger partial charge in [0.2, 0.25) is 5.91 Å². The van der Waals surface area contributed by atoms with Crippen LogP contribution in [0.1, 0.15) is 42.6 Å². The van der Waals surface area contributed by atoms with E-state index in [0.717, 1.165) is 18.2 Å². The molecule has 1 saturated heterocycles. The molecule has 0 aliphatic carbocycles. The first-order valence-electron chi connectivity index (χ1n) is 9.02. The fourth-order valence-electron chi connectivity index (χ4n) is 2.32. The second kappa shape index (κ2) is 9.69. The van der Waals surface area contributed by atoms with E-state index in [1.165, 1.54) is 11.3 Å². The molecule has 0 radical (unpaired) electrons. The summed E-state index contributed by atoms with van der Waals surface area (Å²) in [5.74, 6) is -0.858. The minimum Gasteiger partial charge on any atom is -0.444 e. The van der Waals surface area contributed by atoms with Gasteiger partial charge in [-0.3, -0.25) is 20.4 Å². The van der Waals surface area contributed by atoms with E-state index in [2.05, 4.69) is 26.1 Å². The number of amides is 3. The zero-order valence-corrected chi connectivity index (χ0v) is 17.4. The van der Waals surface area contributed by atoms with E-state index in [1.807, 2.05) is 0 Å². The Labute approximate surface area is 167 Å². The number of alkyl carbamates (subject to hydrolysis) is 1. The largest absolute Gasteiger partial charge is 0.444 e. The number of anilines is 1. The van der Waals surface area contributed by atoms with Crippen molar-refractivity contribution in [2.75, 3.05) is 37.7 Å². The van der Waals surface area contributed by atoms with E-state index < -0.39 is 23.5 Å². The number of carbonyl (C=O) groups excluding carboxylic acids is 3. The summed E-state index contributed by atoms with van der Waals surface area (Å²) < 4.78 is 10.4. The Morgan fingerprint density at radius 2 is 1.89 bits per heavy atom. The molecule has 1 aromatic rings. The van der Waals surface area contributed by atoms with Crippen molar-refractivity contribution in [2.24, 2.45) is 0 Å². The number of hydrazine groups is 1. The number of carbonyl (C=O) groups is 3. The Morgan fingerprint density at radius 1 is 1.21 bits per heavy atom. The number of aromatic nitrogens is 1. The minimum atomic E-state index is -0.604. The van der Waals surface area contributed by atoms with Gasteiger partial charge in [0.15, 0.2) is 5.13 Å². The second-order valence-electron chi connectivity index (χ2n) is 7.19. The van der Waals surface area contributed by atoms with Gasteiger partial charge in [-0.15, -0.1) is 0 Å². The molecule has 0 bridgehead atoms. The zero-order valence-electron chi connectivity index (χ0n) is 16.6. The van der Waals surface area contributed by atoms with Crippen molar-refractivity contribution in [1.29, 1.82) is 0 Å². The highest BCUT2D eigenvalue weighted by molar-refractivity contribution is 7.17. The summed E-state index contributed by atoms with van der Waals surface area (Å²) in [6, 6.07) is 0. The average Bonchev–Trinajstić information content (AvgIpc) is 3.01. The topological polar surface area (TPSA) is 122 Å². The van der Waals surface area contributed by atoms with E-state index in [0.29, 0.717) is 23.8 Å². The summed E-state index contributed by atoms with van der Waals surface area (Å²) in [7, 11) is 0. The van der Waals surface area contributed by atoms with Crippen LogP contribution in [0.25, 0.3) is 0 Å². The molecule has 11 heteroatoms. The number of hydrogen-bond donors (Lipinski definition) is 3. The number of thiazole rings is 1. The number of morpholine rings is 1. The van der Waals surface area contributed by atoms with Gasteiger partial charge in [-0.05, 0) is 27.7 Å². The van der Waals surface area contributed by atoms with Crippen molar-refractivity contribution in [3.63, 3.8) is 0 Å². The van der Waals surface area contributed by atoms with Gasteiger partial charge < -0.3 is 19.7 Å². The molecule has 1 aliphatic rings. The summed E-state index contributed by atoms with van der Waals surface area (Å²) >= 11 is 1.28. The van der Waals surface area contributed by atoms with E-state index in [-0.39, 0.29) is 13.0 Å². The third kappa shape index (κ3) is 6.97. The molecule has 0 saturated carbocycles. The highest BCUT2D eigenvalue weighted by atomic mass is 32.1. The molecular weight excluding hydrogens is 386 g/mol. The maximum Gasteiger partial charge on any atom is 0.407 e. The van der Waals surface area contributed by atoms with Gasteiger partial charge in [0.05, 0.1) is 18.9 Å². The molecule has 1 fully saturated rings. The quantitative estimate of drug-likeness (QED) is 0.615. The molecule has 3 N–H and O–H groups in total. The number of rotatable bonds is 5. The van der Waals surface area contributed by atoms with Gasteiger partial charge in [0.25, 0.3) is 5.91 Å². The zero-order chi connectivity index (χ0) is 20.7. The number of ether oxygens (including phenoxy) is 2. The lowest BCUT2D eigenvalue weighted by Crippen LogP contribution is -2.43. The van der Waals surface area contributed by atoms with Crippen molar-refractivity contribution >= 4 is 34.4 Å².